The fourth-order valence-electron chi connectivity index (χ4n) is 2.02. The molecule has 1 atom stereocenters. The molecule has 0 radical (unpaired) electrons. The summed E-state index contributed by atoms with van der Waals surface area (Å²) in [6.45, 7) is 4.43. The van der Waals surface area contributed by atoms with Gasteiger partial charge in [0.05, 0.1) is 4.83 Å². The van der Waals surface area contributed by atoms with Crippen LogP contribution in [0, 0.1) is 0 Å². The van der Waals surface area contributed by atoms with Gasteiger partial charge in [-0.3, -0.25) is 0 Å². The lowest BCUT2D eigenvalue weighted by atomic mass is 9.96. The molecule has 2 heteroatoms. The molecule has 0 aliphatic rings. The Morgan fingerprint density at radius 2 is 2.00 bits per heavy atom. The van der Waals surface area contributed by atoms with E-state index in [2.05, 4.69) is 64.8 Å². The number of halogens is 1. The molecule has 0 spiro atoms. The van der Waals surface area contributed by atoms with Crippen LogP contribution >= 0.6 is 27.3 Å². The molecule has 0 fully saturated rings. The van der Waals surface area contributed by atoms with Gasteiger partial charge in [0.25, 0.3) is 0 Å². The zero-order valence-electron chi connectivity index (χ0n) is 10.2. The predicted molar refractivity (Wildman–Crippen MR) is 80.3 cm³/mol. The van der Waals surface area contributed by atoms with Crippen molar-refractivity contribution in [1.82, 2.24) is 0 Å². The van der Waals surface area contributed by atoms with Crippen LogP contribution < -0.4 is 0 Å². The van der Waals surface area contributed by atoms with Gasteiger partial charge >= 0.3 is 0 Å². The zero-order chi connectivity index (χ0) is 12.3. The highest BCUT2D eigenvalue weighted by atomic mass is 79.9. The molecule has 1 aromatic carbocycles. The fraction of sp³-hybridized carbons (Fsp3) is 0.333. The molecule has 1 heterocycles. The maximum Gasteiger partial charge on any atom is 0.0655 e. The van der Waals surface area contributed by atoms with Crippen LogP contribution in [0.2, 0.25) is 0 Å². The van der Waals surface area contributed by atoms with Gasteiger partial charge in [0.1, 0.15) is 0 Å². The van der Waals surface area contributed by atoms with Gasteiger partial charge in [0.2, 0.25) is 0 Å². The van der Waals surface area contributed by atoms with E-state index >= 15 is 0 Å². The molecule has 0 amide bonds. The van der Waals surface area contributed by atoms with Gasteiger partial charge in [-0.1, -0.05) is 48.0 Å². The quantitative estimate of drug-likeness (QED) is 0.667. The van der Waals surface area contributed by atoms with Crippen LogP contribution in [0.3, 0.4) is 0 Å². The monoisotopic (exact) mass is 308 g/mol. The van der Waals surface area contributed by atoms with Crippen LogP contribution in [-0.4, -0.2) is 0 Å². The molecule has 0 saturated carbocycles. The van der Waals surface area contributed by atoms with E-state index in [4.69, 9.17) is 0 Å². The van der Waals surface area contributed by atoms with Crippen LogP contribution in [0.25, 0.3) is 0 Å². The SMILES string of the molecule is CCc1ccc(CC)c(C(Br)c2ccsc2)c1. The highest BCUT2D eigenvalue weighted by Gasteiger charge is 2.14. The Kier molecular flexibility index (Phi) is 4.41. The predicted octanol–water partition coefficient (Wildman–Crippen LogP) is 5.36. The molecule has 0 bridgehead atoms. The van der Waals surface area contributed by atoms with Crippen molar-refractivity contribution in [3.63, 3.8) is 0 Å². The minimum absolute atomic E-state index is 0.329. The topological polar surface area (TPSA) is 0 Å². The number of alkyl halides is 1. The molecular weight excluding hydrogens is 292 g/mol. The second-order valence-electron chi connectivity index (χ2n) is 4.16. The van der Waals surface area contributed by atoms with Crippen molar-refractivity contribution in [3.05, 3.63) is 57.3 Å². The van der Waals surface area contributed by atoms with E-state index < -0.39 is 0 Å². The summed E-state index contributed by atoms with van der Waals surface area (Å²) < 4.78 is 0. The largest absolute Gasteiger partial charge is 0.152 e. The molecular formula is C15H17BrS. The molecule has 90 valence electrons. The Morgan fingerprint density at radius 3 is 2.59 bits per heavy atom. The zero-order valence-corrected chi connectivity index (χ0v) is 12.6. The van der Waals surface area contributed by atoms with Gasteiger partial charge in [0, 0.05) is 0 Å². The first kappa shape index (κ1) is 12.8. The Balaban J connectivity index is 2.41. The Hall–Kier alpha value is -0.600. The highest BCUT2D eigenvalue weighted by Crippen LogP contribution is 2.34. The summed E-state index contributed by atoms with van der Waals surface area (Å²) >= 11 is 5.59. The van der Waals surface area contributed by atoms with E-state index in [9.17, 15) is 0 Å². The van der Waals surface area contributed by atoms with Crippen molar-refractivity contribution in [2.24, 2.45) is 0 Å². The van der Waals surface area contributed by atoms with Crippen LogP contribution in [0.15, 0.2) is 35.0 Å². The summed E-state index contributed by atoms with van der Waals surface area (Å²) in [5.41, 5.74) is 5.63. The average Bonchev–Trinajstić information content (AvgIpc) is 2.91. The van der Waals surface area contributed by atoms with Crippen LogP contribution in [0.5, 0.6) is 0 Å². The van der Waals surface area contributed by atoms with Gasteiger partial charge in [-0.05, 0) is 51.9 Å². The second-order valence-corrected chi connectivity index (χ2v) is 5.86. The number of aryl methyl sites for hydroxylation is 2. The molecule has 0 nitrogen and oxygen atoms in total. The van der Waals surface area contributed by atoms with Crippen molar-refractivity contribution in [1.29, 1.82) is 0 Å². The van der Waals surface area contributed by atoms with Crippen molar-refractivity contribution in [3.8, 4) is 0 Å². The van der Waals surface area contributed by atoms with E-state index in [1.165, 1.54) is 22.3 Å². The molecule has 2 aromatic rings. The van der Waals surface area contributed by atoms with E-state index in [1.807, 2.05) is 0 Å². The van der Waals surface area contributed by atoms with Crippen molar-refractivity contribution in [2.45, 2.75) is 31.5 Å². The first-order valence-electron chi connectivity index (χ1n) is 6.04. The lowest BCUT2D eigenvalue weighted by Crippen LogP contribution is -1.98. The summed E-state index contributed by atoms with van der Waals surface area (Å²) in [5.74, 6) is 0. The molecule has 0 aliphatic heterocycles. The summed E-state index contributed by atoms with van der Waals surface area (Å²) in [4.78, 5) is 0.329. The second kappa shape index (κ2) is 5.83. The molecule has 1 unspecified atom stereocenters. The smallest absolute Gasteiger partial charge is 0.0655 e. The van der Waals surface area contributed by atoms with Gasteiger partial charge in [-0.15, -0.1) is 0 Å². The Bertz CT molecular complexity index is 474. The third kappa shape index (κ3) is 2.80. The molecule has 1 aromatic heterocycles. The summed E-state index contributed by atoms with van der Waals surface area (Å²) in [5, 5.41) is 4.36. The fourth-order valence-corrected chi connectivity index (χ4v) is 3.59. The third-order valence-electron chi connectivity index (χ3n) is 3.11. The Labute approximate surface area is 116 Å². The molecule has 17 heavy (non-hydrogen) atoms. The number of hydrogen-bond acceptors (Lipinski definition) is 1. The number of benzene rings is 1. The minimum Gasteiger partial charge on any atom is -0.152 e. The van der Waals surface area contributed by atoms with Gasteiger partial charge in [-0.25, -0.2) is 0 Å². The summed E-state index contributed by atoms with van der Waals surface area (Å²) in [7, 11) is 0. The lowest BCUT2D eigenvalue weighted by Gasteiger charge is -2.15. The first-order valence-corrected chi connectivity index (χ1v) is 7.90. The summed E-state index contributed by atoms with van der Waals surface area (Å²) in [6.07, 6.45) is 2.19. The van der Waals surface area contributed by atoms with Crippen molar-refractivity contribution < 1.29 is 0 Å². The maximum atomic E-state index is 3.83. The van der Waals surface area contributed by atoms with E-state index in [0.29, 0.717) is 4.83 Å². The number of hydrogen-bond donors (Lipinski definition) is 0. The lowest BCUT2D eigenvalue weighted by molar-refractivity contribution is 1.03. The molecule has 0 N–H and O–H groups in total. The number of thiophene rings is 1. The maximum absolute atomic E-state index is 3.83. The van der Waals surface area contributed by atoms with Crippen LogP contribution in [0.1, 0.15) is 40.9 Å². The van der Waals surface area contributed by atoms with Crippen LogP contribution in [-0.2, 0) is 12.8 Å². The van der Waals surface area contributed by atoms with E-state index in [-0.39, 0.29) is 0 Å². The Morgan fingerprint density at radius 1 is 1.18 bits per heavy atom. The van der Waals surface area contributed by atoms with Gasteiger partial charge < -0.3 is 0 Å². The average molecular weight is 309 g/mol. The number of rotatable bonds is 4. The molecule has 0 aliphatic carbocycles. The van der Waals surface area contributed by atoms with Gasteiger partial charge in [-0.2, -0.15) is 11.3 Å². The minimum atomic E-state index is 0.329. The van der Waals surface area contributed by atoms with Crippen molar-refractivity contribution >= 4 is 27.3 Å². The first-order chi connectivity index (χ1) is 8.26. The normalized spacial score (nSPS) is 12.6. The van der Waals surface area contributed by atoms with E-state index in [0.717, 1.165) is 12.8 Å². The highest BCUT2D eigenvalue weighted by molar-refractivity contribution is 9.09. The summed E-state index contributed by atoms with van der Waals surface area (Å²) in [6, 6.07) is 9.06. The third-order valence-corrected chi connectivity index (χ3v) is 4.83. The van der Waals surface area contributed by atoms with Crippen molar-refractivity contribution in [2.75, 3.05) is 0 Å². The van der Waals surface area contributed by atoms with E-state index in [1.54, 1.807) is 11.3 Å². The molecule has 0 saturated heterocycles. The standard InChI is InChI=1S/C15H17BrS/c1-3-11-5-6-12(4-2)14(9-11)15(16)13-7-8-17-10-13/h5-10,15H,3-4H2,1-2H3. The van der Waals surface area contributed by atoms with Crippen LogP contribution in [0.4, 0.5) is 0 Å². The molecule has 2 rings (SSSR count). The van der Waals surface area contributed by atoms with Gasteiger partial charge in [0.15, 0.2) is 0 Å².